The van der Waals surface area contributed by atoms with Gasteiger partial charge >= 0.3 is 0 Å². The summed E-state index contributed by atoms with van der Waals surface area (Å²) in [4.78, 5) is 3.90. The fraction of sp³-hybridized carbons (Fsp3) is 0.125. The summed E-state index contributed by atoms with van der Waals surface area (Å²) in [5.74, 6) is 0. The van der Waals surface area contributed by atoms with Crippen molar-refractivity contribution in [2.24, 2.45) is 0 Å². The van der Waals surface area contributed by atoms with Gasteiger partial charge in [0.25, 0.3) is 0 Å². The van der Waals surface area contributed by atoms with Crippen LogP contribution in [0.25, 0.3) is 10.6 Å². The van der Waals surface area contributed by atoms with Crippen molar-refractivity contribution in [2.45, 2.75) is 6.61 Å². The summed E-state index contributed by atoms with van der Waals surface area (Å²) in [5, 5.41) is 18.0. The van der Waals surface area contributed by atoms with Gasteiger partial charge in [0.1, 0.15) is 10.0 Å². The summed E-state index contributed by atoms with van der Waals surface area (Å²) in [7, 11) is 0. The zero-order chi connectivity index (χ0) is 9.10. The molecule has 4 nitrogen and oxygen atoms in total. The first kappa shape index (κ1) is 8.28. The van der Waals surface area contributed by atoms with Crippen molar-refractivity contribution in [2.75, 3.05) is 0 Å². The van der Waals surface area contributed by atoms with Crippen LogP contribution in [0.4, 0.5) is 0 Å². The number of aromatic nitrogens is 3. The lowest BCUT2D eigenvalue weighted by atomic mass is 10.3. The molecule has 0 atom stereocenters. The van der Waals surface area contributed by atoms with Gasteiger partial charge in [-0.05, 0) is 12.1 Å². The normalized spacial score (nSPS) is 10.2. The molecule has 0 fully saturated rings. The average molecular weight is 193 g/mol. The third-order valence-electron chi connectivity index (χ3n) is 1.53. The van der Waals surface area contributed by atoms with Crippen LogP contribution in [0.2, 0.25) is 0 Å². The van der Waals surface area contributed by atoms with E-state index in [1.807, 2.05) is 12.1 Å². The molecule has 13 heavy (non-hydrogen) atoms. The number of aliphatic hydroxyl groups is 1. The van der Waals surface area contributed by atoms with Crippen molar-refractivity contribution in [1.82, 2.24) is 15.2 Å². The molecule has 0 amide bonds. The van der Waals surface area contributed by atoms with Crippen LogP contribution in [0.5, 0.6) is 0 Å². The molecule has 0 aliphatic rings. The minimum atomic E-state index is -0.0528. The second-order valence-corrected chi connectivity index (χ2v) is 3.46. The topological polar surface area (TPSA) is 58.9 Å². The highest BCUT2D eigenvalue weighted by Gasteiger charge is 2.04. The van der Waals surface area contributed by atoms with Crippen molar-refractivity contribution in [1.29, 1.82) is 0 Å². The molecular formula is C8H7N3OS. The van der Waals surface area contributed by atoms with E-state index >= 15 is 0 Å². The summed E-state index contributed by atoms with van der Waals surface area (Å²) in [6.45, 7) is -0.0528. The molecule has 0 saturated heterocycles. The lowest BCUT2D eigenvalue weighted by Gasteiger charge is -1.90. The van der Waals surface area contributed by atoms with Crippen LogP contribution in [0.1, 0.15) is 5.01 Å². The van der Waals surface area contributed by atoms with E-state index in [9.17, 15) is 0 Å². The van der Waals surface area contributed by atoms with E-state index in [1.54, 1.807) is 12.4 Å². The molecule has 2 aromatic heterocycles. The van der Waals surface area contributed by atoms with Gasteiger partial charge in [-0.3, -0.25) is 4.98 Å². The molecule has 0 aromatic carbocycles. The van der Waals surface area contributed by atoms with Crippen LogP contribution in [0.3, 0.4) is 0 Å². The Morgan fingerprint density at radius 2 is 2.00 bits per heavy atom. The molecule has 5 heteroatoms. The molecule has 0 spiro atoms. The van der Waals surface area contributed by atoms with Gasteiger partial charge < -0.3 is 5.11 Å². The van der Waals surface area contributed by atoms with E-state index in [2.05, 4.69) is 15.2 Å². The molecule has 0 aliphatic heterocycles. The Balaban J connectivity index is 2.36. The zero-order valence-electron chi connectivity index (χ0n) is 6.71. The molecule has 0 saturated carbocycles. The van der Waals surface area contributed by atoms with Gasteiger partial charge in [-0.15, -0.1) is 10.2 Å². The van der Waals surface area contributed by atoms with Crippen molar-refractivity contribution in [3.63, 3.8) is 0 Å². The molecule has 2 heterocycles. The number of hydrogen-bond acceptors (Lipinski definition) is 5. The fourth-order valence-electron chi connectivity index (χ4n) is 0.929. The van der Waals surface area contributed by atoms with Gasteiger partial charge in [0, 0.05) is 18.0 Å². The van der Waals surface area contributed by atoms with Crippen molar-refractivity contribution in [3.8, 4) is 10.6 Å². The molecule has 2 aromatic rings. The summed E-state index contributed by atoms with van der Waals surface area (Å²) < 4.78 is 0. The summed E-state index contributed by atoms with van der Waals surface area (Å²) in [6.07, 6.45) is 3.41. The first-order chi connectivity index (χ1) is 6.40. The highest BCUT2D eigenvalue weighted by molar-refractivity contribution is 7.14. The van der Waals surface area contributed by atoms with E-state index in [-0.39, 0.29) is 6.61 Å². The van der Waals surface area contributed by atoms with E-state index < -0.39 is 0 Å². The van der Waals surface area contributed by atoms with E-state index in [0.29, 0.717) is 5.01 Å². The monoisotopic (exact) mass is 193 g/mol. The lowest BCUT2D eigenvalue weighted by molar-refractivity contribution is 0.280. The standard InChI is InChI=1S/C8H7N3OS/c12-5-7-10-11-8(13-7)6-1-3-9-4-2-6/h1-4,12H,5H2. The first-order valence-electron chi connectivity index (χ1n) is 3.74. The van der Waals surface area contributed by atoms with Crippen molar-refractivity contribution >= 4 is 11.3 Å². The third kappa shape index (κ3) is 1.71. The highest BCUT2D eigenvalue weighted by Crippen LogP contribution is 2.22. The molecule has 1 N–H and O–H groups in total. The molecule has 66 valence electrons. The Labute approximate surface area is 78.9 Å². The molecule has 0 radical (unpaired) electrons. The number of rotatable bonds is 2. The van der Waals surface area contributed by atoms with Crippen molar-refractivity contribution in [3.05, 3.63) is 29.5 Å². The summed E-state index contributed by atoms with van der Waals surface area (Å²) in [5.41, 5.74) is 0.979. The second kappa shape index (κ2) is 3.59. The summed E-state index contributed by atoms with van der Waals surface area (Å²) in [6, 6.07) is 3.73. The van der Waals surface area contributed by atoms with Crippen molar-refractivity contribution < 1.29 is 5.11 Å². The average Bonchev–Trinajstić information content (AvgIpc) is 2.67. The van der Waals surface area contributed by atoms with Gasteiger partial charge in [-0.25, -0.2) is 0 Å². The third-order valence-corrected chi connectivity index (χ3v) is 2.49. The lowest BCUT2D eigenvalue weighted by Crippen LogP contribution is -1.79. The molecule has 0 bridgehead atoms. The predicted octanol–water partition coefficient (Wildman–Crippen LogP) is 1.09. The van der Waals surface area contributed by atoms with Gasteiger partial charge in [0.2, 0.25) is 0 Å². The Hall–Kier alpha value is -1.33. The number of pyridine rings is 1. The molecule has 0 unspecified atom stereocenters. The van der Waals surface area contributed by atoms with Gasteiger partial charge in [-0.2, -0.15) is 0 Å². The second-order valence-electron chi connectivity index (χ2n) is 2.39. The quantitative estimate of drug-likeness (QED) is 0.775. The molecule has 2 rings (SSSR count). The number of hydrogen-bond donors (Lipinski definition) is 1. The van der Waals surface area contributed by atoms with E-state index in [4.69, 9.17) is 5.11 Å². The smallest absolute Gasteiger partial charge is 0.147 e. The SMILES string of the molecule is OCc1nnc(-c2ccncc2)s1. The fourth-order valence-corrected chi connectivity index (χ4v) is 1.63. The van der Waals surface area contributed by atoms with Gasteiger partial charge in [-0.1, -0.05) is 11.3 Å². The Bertz CT molecular complexity index is 387. The van der Waals surface area contributed by atoms with Crippen LogP contribution in [-0.4, -0.2) is 20.3 Å². The van der Waals surface area contributed by atoms with Gasteiger partial charge in [0.15, 0.2) is 0 Å². The predicted molar refractivity (Wildman–Crippen MR) is 49.1 cm³/mol. The largest absolute Gasteiger partial charge is 0.389 e. The van der Waals surface area contributed by atoms with Gasteiger partial charge in [0.05, 0.1) is 6.61 Å². The van der Waals surface area contributed by atoms with Crippen LogP contribution >= 0.6 is 11.3 Å². The van der Waals surface area contributed by atoms with Crippen LogP contribution in [0.15, 0.2) is 24.5 Å². The first-order valence-corrected chi connectivity index (χ1v) is 4.55. The Morgan fingerprint density at radius 1 is 1.23 bits per heavy atom. The van der Waals surface area contributed by atoms with E-state index in [1.165, 1.54) is 11.3 Å². The van der Waals surface area contributed by atoms with Crippen LogP contribution in [0, 0.1) is 0 Å². The maximum absolute atomic E-state index is 8.79. The number of nitrogens with zero attached hydrogens (tertiary/aromatic N) is 3. The minimum absolute atomic E-state index is 0.0528. The number of aliphatic hydroxyl groups excluding tert-OH is 1. The van der Waals surface area contributed by atoms with Crippen LogP contribution < -0.4 is 0 Å². The molecular weight excluding hydrogens is 186 g/mol. The Morgan fingerprint density at radius 3 is 2.62 bits per heavy atom. The summed E-state index contributed by atoms with van der Waals surface area (Å²) >= 11 is 1.39. The van der Waals surface area contributed by atoms with E-state index in [0.717, 1.165) is 10.6 Å². The van der Waals surface area contributed by atoms with Crippen LogP contribution in [-0.2, 0) is 6.61 Å². The zero-order valence-corrected chi connectivity index (χ0v) is 7.53. The molecule has 0 aliphatic carbocycles. The minimum Gasteiger partial charge on any atom is -0.389 e. The Kier molecular flexibility index (Phi) is 2.29. The maximum atomic E-state index is 8.79. The maximum Gasteiger partial charge on any atom is 0.147 e. The highest BCUT2D eigenvalue weighted by atomic mass is 32.1.